The van der Waals surface area contributed by atoms with E-state index in [0.29, 0.717) is 19.4 Å². The zero-order chi connectivity index (χ0) is 18.3. The van der Waals surface area contributed by atoms with Gasteiger partial charge in [-0.15, -0.1) is 12.4 Å². The first-order chi connectivity index (χ1) is 12.5. The van der Waals surface area contributed by atoms with Gasteiger partial charge in [0.25, 0.3) is 5.91 Å². The molecule has 2 aromatic rings. The van der Waals surface area contributed by atoms with Gasteiger partial charge in [-0.3, -0.25) is 9.78 Å². The number of hydrogen-bond acceptors (Lipinski definition) is 4. The third-order valence-electron chi connectivity index (χ3n) is 5.60. The minimum Gasteiger partial charge on any atom is -0.392 e. The highest BCUT2D eigenvalue weighted by molar-refractivity contribution is 6.10. The summed E-state index contributed by atoms with van der Waals surface area (Å²) in [5.74, 6) is -0.0963. The lowest BCUT2D eigenvalue weighted by Gasteiger charge is -2.23. The molecule has 0 bridgehead atoms. The van der Waals surface area contributed by atoms with Gasteiger partial charge in [-0.2, -0.15) is 0 Å². The molecule has 1 amide bonds. The molecule has 0 saturated carbocycles. The van der Waals surface area contributed by atoms with Crippen molar-refractivity contribution in [2.45, 2.75) is 44.2 Å². The number of carbonyl (C=O) groups excluding carboxylic acids is 1. The third-order valence-corrected chi connectivity index (χ3v) is 5.60. The lowest BCUT2D eigenvalue weighted by Crippen LogP contribution is -2.33. The van der Waals surface area contributed by atoms with E-state index in [4.69, 9.17) is 0 Å². The summed E-state index contributed by atoms with van der Waals surface area (Å²) in [4.78, 5) is 21.3. The molecule has 2 aliphatic rings. The number of benzene rings is 1. The Morgan fingerprint density at radius 2 is 1.96 bits per heavy atom. The number of pyridine rings is 1. The summed E-state index contributed by atoms with van der Waals surface area (Å²) in [5.41, 5.74) is 4.39. The second kappa shape index (κ2) is 7.50. The van der Waals surface area contributed by atoms with Crippen molar-refractivity contribution in [3.05, 3.63) is 53.9 Å². The van der Waals surface area contributed by atoms with Crippen LogP contribution in [-0.2, 0) is 10.2 Å². The van der Waals surface area contributed by atoms with E-state index in [1.807, 2.05) is 44.2 Å². The predicted molar refractivity (Wildman–Crippen MR) is 108 cm³/mol. The van der Waals surface area contributed by atoms with Gasteiger partial charge in [0.2, 0.25) is 0 Å². The number of hydrogen-bond donors (Lipinski definition) is 2. The smallest absolute Gasteiger partial charge is 0.256 e. The Kier molecular flexibility index (Phi) is 5.47. The molecule has 3 atom stereocenters. The maximum absolute atomic E-state index is 12.7. The molecule has 2 aliphatic heterocycles. The molecule has 2 N–H and O–H groups in total. The zero-order valence-corrected chi connectivity index (χ0v) is 16.3. The van der Waals surface area contributed by atoms with Crippen LogP contribution < -0.4 is 5.32 Å². The lowest BCUT2D eigenvalue weighted by molar-refractivity contribution is -0.121. The number of aliphatic hydroxyl groups excluding tert-OH is 1. The predicted octanol–water partition coefficient (Wildman–Crippen LogP) is 2.83. The van der Waals surface area contributed by atoms with Gasteiger partial charge in [0.05, 0.1) is 11.5 Å². The SMILES string of the molecule is Cc1ncccc1-c1ccc(C2(C)CC(C3C[C@@H](O)CN3)=NC2=O)cc1.Cl. The third kappa shape index (κ3) is 3.55. The average molecular weight is 386 g/mol. The number of carbonyl (C=O) groups is 1. The quantitative estimate of drug-likeness (QED) is 0.851. The van der Waals surface area contributed by atoms with E-state index in [9.17, 15) is 9.90 Å². The van der Waals surface area contributed by atoms with Crippen LogP contribution in [0.2, 0.25) is 0 Å². The molecule has 142 valence electrons. The summed E-state index contributed by atoms with van der Waals surface area (Å²) < 4.78 is 0. The zero-order valence-electron chi connectivity index (χ0n) is 15.5. The Bertz CT molecular complexity index is 881. The van der Waals surface area contributed by atoms with E-state index in [0.717, 1.165) is 28.1 Å². The van der Waals surface area contributed by atoms with Crippen LogP contribution in [0.15, 0.2) is 47.6 Å². The molecule has 1 saturated heterocycles. The number of nitrogens with zero attached hydrogens (tertiary/aromatic N) is 2. The number of β-amino-alcohol motifs (C(OH)–C–C–N with tert-alkyl or cyclic N) is 1. The number of aliphatic hydroxyl groups is 1. The Morgan fingerprint density at radius 3 is 2.59 bits per heavy atom. The van der Waals surface area contributed by atoms with Crippen molar-refractivity contribution >= 4 is 24.0 Å². The average Bonchev–Trinajstić information content (AvgIpc) is 3.20. The van der Waals surface area contributed by atoms with Crippen molar-refractivity contribution < 1.29 is 9.90 Å². The molecule has 4 rings (SSSR count). The minimum absolute atomic E-state index is 0. The van der Waals surface area contributed by atoms with E-state index >= 15 is 0 Å². The van der Waals surface area contributed by atoms with Crippen molar-refractivity contribution in [3.63, 3.8) is 0 Å². The Morgan fingerprint density at radius 1 is 1.22 bits per heavy atom. The highest BCUT2D eigenvalue weighted by Gasteiger charge is 2.44. The van der Waals surface area contributed by atoms with Crippen molar-refractivity contribution in [2.75, 3.05) is 6.54 Å². The largest absolute Gasteiger partial charge is 0.392 e. The normalized spacial score (nSPS) is 27.4. The summed E-state index contributed by atoms with van der Waals surface area (Å²) in [5, 5.41) is 13.0. The number of aryl methyl sites for hydroxylation is 1. The van der Waals surface area contributed by atoms with Crippen LogP contribution in [0.25, 0.3) is 11.1 Å². The Balaban J connectivity index is 0.00000210. The second-order valence-electron chi connectivity index (χ2n) is 7.48. The molecular formula is C21H24ClN3O2. The minimum atomic E-state index is -0.632. The van der Waals surface area contributed by atoms with Crippen LogP contribution in [-0.4, -0.2) is 40.4 Å². The first-order valence-corrected chi connectivity index (χ1v) is 9.03. The van der Waals surface area contributed by atoms with Crippen LogP contribution in [0, 0.1) is 6.92 Å². The molecule has 3 heterocycles. The van der Waals surface area contributed by atoms with E-state index in [2.05, 4.69) is 21.4 Å². The molecule has 1 aromatic carbocycles. The number of aromatic nitrogens is 1. The molecule has 2 unspecified atom stereocenters. The number of aliphatic imine (C=N–C) groups is 1. The summed E-state index contributed by atoms with van der Waals surface area (Å²) in [6.07, 6.45) is 2.66. The molecule has 0 spiro atoms. The molecule has 0 radical (unpaired) electrons. The van der Waals surface area contributed by atoms with E-state index in [1.54, 1.807) is 6.20 Å². The molecule has 1 aromatic heterocycles. The fourth-order valence-corrected chi connectivity index (χ4v) is 3.94. The van der Waals surface area contributed by atoms with E-state index in [-0.39, 0.29) is 30.5 Å². The fourth-order valence-electron chi connectivity index (χ4n) is 3.94. The Hall–Kier alpha value is -2.08. The highest BCUT2D eigenvalue weighted by Crippen LogP contribution is 2.37. The van der Waals surface area contributed by atoms with Gasteiger partial charge in [0.1, 0.15) is 0 Å². The topological polar surface area (TPSA) is 74.6 Å². The summed E-state index contributed by atoms with van der Waals surface area (Å²) in [6, 6.07) is 12.1. The first-order valence-electron chi connectivity index (χ1n) is 9.03. The monoisotopic (exact) mass is 385 g/mol. The van der Waals surface area contributed by atoms with Crippen molar-refractivity contribution in [3.8, 4) is 11.1 Å². The maximum Gasteiger partial charge on any atom is 0.256 e. The number of halogens is 1. The van der Waals surface area contributed by atoms with Gasteiger partial charge in [0.15, 0.2) is 0 Å². The van der Waals surface area contributed by atoms with Crippen LogP contribution >= 0.6 is 12.4 Å². The summed E-state index contributed by atoms with van der Waals surface area (Å²) >= 11 is 0. The van der Waals surface area contributed by atoms with Gasteiger partial charge in [-0.05, 0) is 37.5 Å². The van der Waals surface area contributed by atoms with E-state index in [1.165, 1.54) is 0 Å². The number of nitrogens with one attached hydrogen (secondary N) is 1. The van der Waals surface area contributed by atoms with Crippen LogP contribution in [0.4, 0.5) is 0 Å². The molecular weight excluding hydrogens is 362 g/mol. The Labute approximate surface area is 165 Å². The molecule has 27 heavy (non-hydrogen) atoms. The van der Waals surface area contributed by atoms with Gasteiger partial charge in [-0.1, -0.05) is 30.3 Å². The maximum atomic E-state index is 12.7. The van der Waals surface area contributed by atoms with Gasteiger partial charge in [0, 0.05) is 42.2 Å². The lowest BCUT2D eigenvalue weighted by atomic mass is 9.78. The van der Waals surface area contributed by atoms with Crippen molar-refractivity contribution in [1.82, 2.24) is 10.3 Å². The van der Waals surface area contributed by atoms with Crippen molar-refractivity contribution in [1.29, 1.82) is 0 Å². The van der Waals surface area contributed by atoms with E-state index < -0.39 is 5.41 Å². The highest BCUT2D eigenvalue weighted by atomic mass is 35.5. The molecule has 1 fully saturated rings. The standard InChI is InChI=1S/C21H23N3O2.ClH/c1-13-17(4-3-9-22-13)14-5-7-15(8-6-14)21(2)11-19(24-20(21)26)18-10-16(25)12-23-18;/h3-9,16,18,23,25H,10-12H2,1-2H3;1H/t16-,18?,21?;/m1./s1. The summed E-state index contributed by atoms with van der Waals surface area (Å²) in [6.45, 7) is 4.52. The number of amides is 1. The fraction of sp³-hybridized carbons (Fsp3) is 0.381. The van der Waals surface area contributed by atoms with Crippen LogP contribution in [0.5, 0.6) is 0 Å². The molecule has 0 aliphatic carbocycles. The van der Waals surface area contributed by atoms with Crippen LogP contribution in [0.1, 0.15) is 31.0 Å². The first kappa shape index (κ1) is 19.7. The molecule has 5 nitrogen and oxygen atoms in total. The van der Waals surface area contributed by atoms with Gasteiger partial charge < -0.3 is 10.4 Å². The van der Waals surface area contributed by atoms with Gasteiger partial charge in [-0.25, -0.2) is 4.99 Å². The summed E-state index contributed by atoms with van der Waals surface area (Å²) in [7, 11) is 0. The second-order valence-corrected chi connectivity index (χ2v) is 7.48. The van der Waals surface area contributed by atoms with Crippen LogP contribution in [0.3, 0.4) is 0 Å². The van der Waals surface area contributed by atoms with Gasteiger partial charge >= 0.3 is 0 Å². The van der Waals surface area contributed by atoms with Crippen molar-refractivity contribution in [2.24, 2.45) is 4.99 Å². The molecule has 6 heteroatoms. The number of rotatable bonds is 3.